The van der Waals surface area contributed by atoms with Crippen LogP contribution in [0.25, 0.3) is 11.5 Å². The molecular weight excluding hydrogens is 362 g/mol. The van der Waals surface area contributed by atoms with E-state index < -0.39 is 0 Å². The molecule has 3 aromatic rings. The zero-order chi connectivity index (χ0) is 18.6. The molecular formula is C21H20ClN3O2. The minimum absolute atomic E-state index is 0.00297. The van der Waals surface area contributed by atoms with Crippen molar-refractivity contribution < 1.29 is 9.21 Å². The number of aromatic nitrogens is 2. The van der Waals surface area contributed by atoms with E-state index in [1.165, 1.54) is 0 Å². The van der Waals surface area contributed by atoms with Crippen LogP contribution in [0.1, 0.15) is 29.1 Å². The van der Waals surface area contributed by atoms with Gasteiger partial charge in [-0.1, -0.05) is 41.9 Å². The van der Waals surface area contributed by atoms with Gasteiger partial charge in [0.2, 0.25) is 11.8 Å². The van der Waals surface area contributed by atoms with E-state index in [-0.39, 0.29) is 5.91 Å². The van der Waals surface area contributed by atoms with Gasteiger partial charge in [0.1, 0.15) is 0 Å². The van der Waals surface area contributed by atoms with Gasteiger partial charge in [-0.05, 0) is 43.0 Å². The smallest absolute Gasteiger partial charge is 0.255 e. The lowest BCUT2D eigenvalue weighted by Crippen LogP contribution is -2.39. The fourth-order valence-corrected chi connectivity index (χ4v) is 3.64. The van der Waals surface area contributed by atoms with Crippen molar-refractivity contribution in [2.24, 2.45) is 5.92 Å². The van der Waals surface area contributed by atoms with Crippen LogP contribution in [0, 0.1) is 5.92 Å². The lowest BCUT2D eigenvalue weighted by molar-refractivity contribution is 0.0688. The fraction of sp³-hybridized carbons (Fsp3) is 0.286. The summed E-state index contributed by atoms with van der Waals surface area (Å²) in [5.74, 6) is 1.65. The highest BCUT2D eigenvalue weighted by Gasteiger charge is 2.26. The van der Waals surface area contributed by atoms with Gasteiger partial charge >= 0.3 is 0 Å². The lowest BCUT2D eigenvalue weighted by atomic mass is 9.93. The van der Waals surface area contributed by atoms with Crippen LogP contribution in [0.4, 0.5) is 0 Å². The summed E-state index contributed by atoms with van der Waals surface area (Å²) in [6.07, 6.45) is 2.58. The predicted molar refractivity (Wildman–Crippen MR) is 104 cm³/mol. The molecule has 1 aliphatic rings. The first-order valence-corrected chi connectivity index (χ1v) is 9.50. The van der Waals surface area contributed by atoms with E-state index in [4.69, 9.17) is 16.0 Å². The number of benzene rings is 2. The van der Waals surface area contributed by atoms with Crippen LogP contribution in [0.3, 0.4) is 0 Å². The van der Waals surface area contributed by atoms with Gasteiger partial charge in [-0.25, -0.2) is 0 Å². The van der Waals surface area contributed by atoms with Crippen molar-refractivity contribution in [2.45, 2.75) is 19.3 Å². The highest BCUT2D eigenvalue weighted by atomic mass is 35.5. The summed E-state index contributed by atoms with van der Waals surface area (Å²) in [5.41, 5.74) is 1.50. The number of amides is 1. The number of halogens is 1. The Kier molecular flexibility index (Phi) is 5.21. The third-order valence-corrected chi connectivity index (χ3v) is 5.29. The molecule has 2 aromatic carbocycles. The summed E-state index contributed by atoms with van der Waals surface area (Å²) in [7, 11) is 0. The number of likely N-dealkylation sites (tertiary alicyclic amines) is 1. The van der Waals surface area contributed by atoms with Gasteiger partial charge in [0.15, 0.2) is 0 Å². The number of hydrogen-bond donors (Lipinski definition) is 0. The molecule has 1 saturated heterocycles. The monoisotopic (exact) mass is 381 g/mol. The molecule has 0 N–H and O–H groups in total. The minimum atomic E-state index is 0.00297. The summed E-state index contributed by atoms with van der Waals surface area (Å²) < 4.78 is 5.81. The van der Waals surface area contributed by atoms with E-state index in [2.05, 4.69) is 10.2 Å². The molecule has 6 heteroatoms. The first kappa shape index (κ1) is 17.7. The average Bonchev–Trinajstić information content (AvgIpc) is 3.18. The Labute approximate surface area is 163 Å². The molecule has 0 bridgehead atoms. The second-order valence-electron chi connectivity index (χ2n) is 6.79. The van der Waals surface area contributed by atoms with Gasteiger partial charge in [0, 0.05) is 25.1 Å². The third-order valence-electron chi connectivity index (χ3n) is 4.96. The Morgan fingerprint density at radius 3 is 2.48 bits per heavy atom. The maximum atomic E-state index is 12.6. The minimum Gasteiger partial charge on any atom is -0.421 e. The first-order valence-electron chi connectivity index (χ1n) is 9.12. The van der Waals surface area contributed by atoms with Crippen molar-refractivity contribution in [1.29, 1.82) is 0 Å². The van der Waals surface area contributed by atoms with Crippen LogP contribution in [0.5, 0.6) is 0 Å². The highest BCUT2D eigenvalue weighted by Crippen LogP contribution is 2.25. The Hall–Kier alpha value is -2.66. The maximum Gasteiger partial charge on any atom is 0.255 e. The van der Waals surface area contributed by atoms with Gasteiger partial charge in [0.25, 0.3) is 5.91 Å². The number of hydrogen-bond acceptors (Lipinski definition) is 4. The van der Waals surface area contributed by atoms with Gasteiger partial charge in [-0.3, -0.25) is 4.79 Å². The molecule has 1 aliphatic heterocycles. The number of rotatable bonds is 4. The van der Waals surface area contributed by atoms with Crippen LogP contribution in [-0.2, 0) is 6.42 Å². The zero-order valence-electron chi connectivity index (χ0n) is 14.8. The van der Waals surface area contributed by atoms with Gasteiger partial charge < -0.3 is 9.32 Å². The number of carbonyl (C=O) groups excluding carboxylic acids is 1. The number of piperidine rings is 1. The van der Waals surface area contributed by atoms with E-state index in [9.17, 15) is 4.79 Å². The van der Waals surface area contributed by atoms with E-state index in [0.717, 1.165) is 24.8 Å². The molecule has 1 amide bonds. The Balaban J connectivity index is 1.34. The van der Waals surface area contributed by atoms with Crippen molar-refractivity contribution in [3.63, 3.8) is 0 Å². The van der Waals surface area contributed by atoms with Crippen LogP contribution >= 0.6 is 11.6 Å². The van der Waals surface area contributed by atoms with Crippen LogP contribution < -0.4 is 0 Å². The maximum absolute atomic E-state index is 12.6. The number of carbonyl (C=O) groups is 1. The molecule has 0 spiro atoms. The second kappa shape index (κ2) is 7.92. The molecule has 5 nitrogen and oxygen atoms in total. The Morgan fingerprint density at radius 2 is 1.74 bits per heavy atom. The van der Waals surface area contributed by atoms with Crippen molar-refractivity contribution in [3.05, 3.63) is 71.1 Å². The normalized spacial score (nSPS) is 15.1. The van der Waals surface area contributed by atoms with E-state index in [1.54, 1.807) is 12.1 Å². The van der Waals surface area contributed by atoms with Crippen LogP contribution in [0.15, 0.2) is 59.0 Å². The average molecular weight is 382 g/mol. The molecule has 27 heavy (non-hydrogen) atoms. The summed E-state index contributed by atoms with van der Waals surface area (Å²) in [6.45, 7) is 1.43. The Morgan fingerprint density at radius 1 is 1.04 bits per heavy atom. The molecule has 1 aromatic heterocycles. The molecule has 0 saturated carbocycles. The second-order valence-corrected chi connectivity index (χ2v) is 7.19. The van der Waals surface area contributed by atoms with Crippen molar-refractivity contribution in [1.82, 2.24) is 15.1 Å². The molecule has 0 unspecified atom stereocenters. The molecule has 0 atom stereocenters. The summed E-state index contributed by atoms with van der Waals surface area (Å²) >= 11 is 6.15. The summed E-state index contributed by atoms with van der Waals surface area (Å²) in [6, 6.07) is 17.0. The van der Waals surface area contributed by atoms with Gasteiger partial charge in [0.05, 0.1) is 10.6 Å². The van der Waals surface area contributed by atoms with E-state index in [0.29, 0.717) is 41.4 Å². The largest absolute Gasteiger partial charge is 0.421 e. The lowest BCUT2D eigenvalue weighted by Gasteiger charge is -2.31. The van der Waals surface area contributed by atoms with Crippen molar-refractivity contribution >= 4 is 17.5 Å². The number of nitrogens with zero attached hydrogens (tertiary/aromatic N) is 3. The van der Waals surface area contributed by atoms with E-state index >= 15 is 0 Å². The van der Waals surface area contributed by atoms with Gasteiger partial charge in [-0.15, -0.1) is 10.2 Å². The zero-order valence-corrected chi connectivity index (χ0v) is 15.6. The standard InChI is InChI=1S/C21H20ClN3O2/c22-18-9-5-4-8-17(18)21(26)25-12-10-15(11-13-25)14-19-23-24-20(27-19)16-6-2-1-3-7-16/h1-9,15H,10-14H2. The molecule has 0 aliphatic carbocycles. The molecule has 0 radical (unpaired) electrons. The van der Waals surface area contributed by atoms with Gasteiger partial charge in [-0.2, -0.15) is 0 Å². The Bertz CT molecular complexity index is 918. The third kappa shape index (κ3) is 4.03. The SMILES string of the molecule is O=C(c1ccccc1Cl)N1CCC(Cc2nnc(-c3ccccc3)o2)CC1. The van der Waals surface area contributed by atoms with Crippen LogP contribution in [0.2, 0.25) is 5.02 Å². The van der Waals surface area contributed by atoms with Crippen LogP contribution in [-0.4, -0.2) is 34.1 Å². The van der Waals surface area contributed by atoms with Crippen molar-refractivity contribution in [3.8, 4) is 11.5 Å². The highest BCUT2D eigenvalue weighted by molar-refractivity contribution is 6.33. The topological polar surface area (TPSA) is 59.2 Å². The van der Waals surface area contributed by atoms with E-state index in [1.807, 2.05) is 47.4 Å². The summed E-state index contributed by atoms with van der Waals surface area (Å²) in [5, 5.41) is 8.84. The molecule has 138 valence electrons. The fourth-order valence-electron chi connectivity index (χ4n) is 3.43. The predicted octanol–water partition coefficient (Wildman–Crippen LogP) is 4.48. The molecule has 2 heterocycles. The first-order chi connectivity index (χ1) is 13.2. The quantitative estimate of drug-likeness (QED) is 0.668. The molecule has 4 rings (SSSR count). The van der Waals surface area contributed by atoms with Crippen molar-refractivity contribution in [2.75, 3.05) is 13.1 Å². The summed E-state index contributed by atoms with van der Waals surface area (Å²) in [4.78, 5) is 14.5. The molecule has 1 fully saturated rings.